The molecule has 90 valence electrons. The van der Waals surface area contributed by atoms with Gasteiger partial charge in [-0.2, -0.15) is 0 Å². The predicted octanol–water partition coefficient (Wildman–Crippen LogP) is 2.14. The van der Waals surface area contributed by atoms with Crippen LogP contribution in [0.4, 0.5) is 0 Å². The molecule has 0 spiro atoms. The number of hydrogen-bond acceptors (Lipinski definition) is 0. The first-order valence-electron chi connectivity index (χ1n) is 6.02. The maximum absolute atomic E-state index is 2.27. The van der Waals surface area contributed by atoms with E-state index in [0.29, 0.717) is 15.0 Å². The second kappa shape index (κ2) is 4.64. The molecule has 1 aromatic heterocycles. The zero-order valence-corrected chi connectivity index (χ0v) is 12.3. The van der Waals surface area contributed by atoms with E-state index in [-0.39, 0.29) is 0 Å². The van der Waals surface area contributed by atoms with Crippen molar-refractivity contribution in [3.63, 3.8) is 0 Å². The summed E-state index contributed by atoms with van der Waals surface area (Å²) < 4.78 is 5.12. The number of fused-ring (bicyclic) bond motifs is 1. The van der Waals surface area contributed by atoms with E-state index in [1.165, 1.54) is 25.4 Å². The topological polar surface area (TPSA) is 4.93 Å². The van der Waals surface area contributed by atoms with Crippen molar-refractivity contribution in [3.05, 3.63) is 60.3 Å². The molecule has 2 heteroatoms. The second-order valence-corrected chi connectivity index (χ2v) is 6.88. The molecule has 0 saturated carbocycles. The first-order chi connectivity index (χ1) is 8.74. The Balaban J connectivity index is 2.02. The number of rotatable bonds is 2. The summed E-state index contributed by atoms with van der Waals surface area (Å²) in [6, 6.07) is 17.5. The van der Waals surface area contributed by atoms with E-state index in [1.807, 2.05) is 0 Å². The monoisotopic (exact) mass is 301 g/mol. The van der Waals surface area contributed by atoms with Gasteiger partial charge in [-0.25, -0.2) is 0 Å². The van der Waals surface area contributed by atoms with E-state index < -0.39 is 0 Å². The first kappa shape index (κ1) is 11.6. The molecule has 0 radical (unpaired) electrons. The van der Waals surface area contributed by atoms with Crippen molar-refractivity contribution in [2.45, 2.75) is 6.92 Å². The summed E-state index contributed by atoms with van der Waals surface area (Å²) >= 11 is 0.383. The van der Waals surface area contributed by atoms with Crippen molar-refractivity contribution < 1.29 is 0 Å². The summed E-state index contributed by atoms with van der Waals surface area (Å²) in [5.41, 5.74) is 2.65. The van der Waals surface area contributed by atoms with Gasteiger partial charge in [-0.3, -0.25) is 0 Å². The van der Waals surface area contributed by atoms with Gasteiger partial charge in [0, 0.05) is 0 Å². The van der Waals surface area contributed by atoms with Gasteiger partial charge in [0.25, 0.3) is 0 Å². The molecule has 0 bridgehead atoms. The maximum atomic E-state index is 2.27. The van der Waals surface area contributed by atoms with Crippen molar-refractivity contribution in [3.8, 4) is 0 Å². The van der Waals surface area contributed by atoms with Gasteiger partial charge in [-0.1, -0.05) is 0 Å². The molecule has 0 amide bonds. The van der Waals surface area contributed by atoms with Gasteiger partial charge >= 0.3 is 114 Å². The molecule has 3 aromatic rings. The minimum absolute atomic E-state index is 0.383. The van der Waals surface area contributed by atoms with Gasteiger partial charge in [0.1, 0.15) is 0 Å². The van der Waals surface area contributed by atoms with Crippen LogP contribution in [0.1, 0.15) is 5.56 Å². The van der Waals surface area contributed by atoms with Crippen molar-refractivity contribution >= 4 is 34.8 Å². The molecular weight excluding hydrogens is 285 g/mol. The summed E-state index contributed by atoms with van der Waals surface area (Å²) in [4.78, 5) is 0. The van der Waals surface area contributed by atoms with E-state index in [9.17, 15) is 0 Å². The number of aryl methyl sites for hydroxylation is 2. The molecule has 0 saturated heterocycles. The number of hydrogen-bond donors (Lipinski definition) is 0. The Morgan fingerprint density at radius 3 is 2.44 bits per heavy atom. The fourth-order valence-electron chi connectivity index (χ4n) is 2.12. The molecule has 2 aromatic carbocycles. The van der Waals surface area contributed by atoms with Crippen LogP contribution in [0.15, 0.2) is 54.7 Å². The Hall–Kier alpha value is -1.50. The molecule has 0 fully saturated rings. The predicted molar refractivity (Wildman–Crippen MR) is 79.1 cm³/mol. The van der Waals surface area contributed by atoms with Crippen molar-refractivity contribution in [1.29, 1.82) is 0 Å². The number of benzene rings is 2. The van der Waals surface area contributed by atoms with Crippen LogP contribution in [0.5, 0.6) is 0 Å². The van der Waals surface area contributed by atoms with Crippen LogP contribution in [0.3, 0.4) is 0 Å². The minimum atomic E-state index is 0.383. The number of para-hydroxylation sites is 1. The molecule has 0 atom stereocenters. The third-order valence-electron chi connectivity index (χ3n) is 3.11. The van der Waals surface area contributed by atoms with Crippen LogP contribution in [-0.2, 0) is 7.05 Å². The SMILES string of the molecule is Cc1ccc([Se]c2cn(C)c3ccccc23)cc1. The Morgan fingerprint density at radius 2 is 1.67 bits per heavy atom. The molecule has 0 N–H and O–H groups in total. The van der Waals surface area contributed by atoms with Gasteiger partial charge in [0.2, 0.25) is 0 Å². The Bertz CT molecular complexity index is 680. The average Bonchev–Trinajstić information content (AvgIpc) is 2.70. The van der Waals surface area contributed by atoms with E-state index in [2.05, 4.69) is 73.3 Å². The van der Waals surface area contributed by atoms with Gasteiger partial charge < -0.3 is 0 Å². The summed E-state index contributed by atoms with van der Waals surface area (Å²) in [6.45, 7) is 2.13. The van der Waals surface area contributed by atoms with Crippen LogP contribution in [0, 0.1) is 6.92 Å². The number of nitrogens with zero attached hydrogens (tertiary/aromatic N) is 1. The van der Waals surface area contributed by atoms with Crippen LogP contribution in [0.2, 0.25) is 0 Å². The zero-order chi connectivity index (χ0) is 12.5. The van der Waals surface area contributed by atoms with E-state index in [1.54, 1.807) is 0 Å². The molecule has 0 unspecified atom stereocenters. The van der Waals surface area contributed by atoms with Crippen molar-refractivity contribution in [2.75, 3.05) is 0 Å². The van der Waals surface area contributed by atoms with Crippen LogP contribution >= 0.6 is 0 Å². The normalized spacial score (nSPS) is 11.0. The quantitative estimate of drug-likeness (QED) is 0.639. The summed E-state index contributed by atoms with van der Waals surface area (Å²) in [7, 11) is 2.12. The summed E-state index contributed by atoms with van der Waals surface area (Å²) in [5, 5.41) is 1.39. The Labute approximate surface area is 114 Å². The average molecular weight is 300 g/mol. The van der Waals surface area contributed by atoms with Crippen LogP contribution in [0.25, 0.3) is 10.9 Å². The fourth-order valence-corrected chi connectivity index (χ4v) is 4.26. The van der Waals surface area contributed by atoms with Gasteiger partial charge in [0.15, 0.2) is 0 Å². The zero-order valence-electron chi connectivity index (χ0n) is 10.6. The van der Waals surface area contributed by atoms with Gasteiger partial charge in [0.05, 0.1) is 0 Å². The first-order valence-corrected chi connectivity index (χ1v) is 7.74. The van der Waals surface area contributed by atoms with Gasteiger partial charge in [-0.05, 0) is 0 Å². The Morgan fingerprint density at radius 1 is 0.944 bits per heavy atom. The van der Waals surface area contributed by atoms with Crippen molar-refractivity contribution in [2.24, 2.45) is 7.05 Å². The van der Waals surface area contributed by atoms with Crippen LogP contribution < -0.4 is 8.92 Å². The van der Waals surface area contributed by atoms with E-state index in [4.69, 9.17) is 0 Å². The van der Waals surface area contributed by atoms with E-state index >= 15 is 0 Å². The molecular formula is C16H15NSe. The summed E-state index contributed by atoms with van der Waals surface area (Å²) in [6.07, 6.45) is 2.27. The molecule has 0 aliphatic heterocycles. The molecule has 18 heavy (non-hydrogen) atoms. The Kier molecular flexibility index (Phi) is 2.99. The van der Waals surface area contributed by atoms with Crippen molar-refractivity contribution in [1.82, 2.24) is 4.57 Å². The molecule has 0 aliphatic rings. The molecule has 0 aliphatic carbocycles. The fraction of sp³-hybridized carbons (Fsp3) is 0.125. The molecule has 3 rings (SSSR count). The molecule has 1 nitrogen and oxygen atoms in total. The third-order valence-corrected chi connectivity index (χ3v) is 5.32. The standard InChI is InChI=1S/C16H15NSe/c1-12-7-9-13(10-8-12)18-16-11-17(2)15-6-4-3-5-14(15)16/h3-11H,1-2H3. The number of aromatic nitrogens is 1. The summed E-state index contributed by atoms with van der Waals surface area (Å²) in [5.74, 6) is 0. The van der Waals surface area contributed by atoms with Gasteiger partial charge in [-0.15, -0.1) is 0 Å². The van der Waals surface area contributed by atoms with E-state index in [0.717, 1.165) is 0 Å². The second-order valence-electron chi connectivity index (χ2n) is 4.54. The third kappa shape index (κ3) is 2.10. The van der Waals surface area contributed by atoms with Crippen LogP contribution in [-0.4, -0.2) is 19.5 Å². The molecule has 1 heterocycles.